The SMILES string of the molecule is [2H]C1C=CC=CN1C. The Kier molecular flexibility index (Phi) is 0.861. The van der Waals surface area contributed by atoms with Gasteiger partial charge in [-0.3, -0.25) is 0 Å². The van der Waals surface area contributed by atoms with Gasteiger partial charge in [0.1, 0.15) is 0 Å². The molecule has 0 radical (unpaired) electrons. The van der Waals surface area contributed by atoms with Gasteiger partial charge in [0, 0.05) is 13.6 Å². The van der Waals surface area contributed by atoms with E-state index in [9.17, 15) is 0 Å². The summed E-state index contributed by atoms with van der Waals surface area (Å²) in [5, 5.41) is 0. The average molecular weight is 96.2 g/mol. The third-order valence-electron chi connectivity index (χ3n) is 0.865. The maximum absolute atomic E-state index is 7.27. The predicted molar refractivity (Wildman–Crippen MR) is 30.9 cm³/mol. The van der Waals surface area contributed by atoms with Crippen molar-refractivity contribution in [2.75, 3.05) is 13.6 Å². The van der Waals surface area contributed by atoms with E-state index in [0.717, 1.165) is 0 Å². The Morgan fingerprint density at radius 1 is 1.71 bits per heavy atom. The first kappa shape index (κ1) is 3.30. The number of hydrogen-bond donors (Lipinski definition) is 0. The van der Waals surface area contributed by atoms with Crippen molar-refractivity contribution in [1.82, 2.24) is 4.90 Å². The van der Waals surface area contributed by atoms with Crippen LogP contribution in [0.2, 0.25) is 0 Å². The third kappa shape index (κ3) is 1.07. The first-order chi connectivity index (χ1) is 3.80. The summed E-state index contributed by atoms with van der Waals surface area (Å²) in [7, 11) is 1.89. The highest BCUT2D eigenvalue weighted by Crippen LogP contribution is 1.91. The second-order valence-electron chi connectivity index (χ2n) is 1.54. The molecule has 0 amide bonds. The lowest BCUT2D eigenvalue weighted by Crippen LogP contribution is -2.11. The lowest BCUT2D eigenvalue weighted by Gasteiger charge is -2.11. The molecule has 1 nitrogen and oxygen atoms in total. The van der Waals surface area contributed by atoms with Crippen molar-refractivity contribution in [3.63, 3.8) is 0 Å². The van der Waals surface area contributed by atoms with Crippen LogP contribution < -0.4 is 0 Å². The zero-order valence-corrected chi connectivity index (χ0v) is 4.33. The van der Waals surface area contributed by atoms with Crippen molar-refractivity contribution in [2.45, 2.75) is 0 Å². The van der Waals surface area contributed by atoms with Gasteiger partial charge >= 0.3 is 0 Å². The molecule has 0 aromatic rings. The number of allylic oxidation sites excluding steroid dienone is 2. The minimum atomic E-state index is -0.181. The molecular formula is C6H9N. The van der Waals surface area contributed by atoms with Crippen LogP contribution in [0.5, 0.6) is 0 Å². The molecule has 1 aliphatic heterocycles. The standard InChI is InChI=1S/C6H9N/c1-7-5-3-2-4-6-7/h2-5H,6H2,1H3/i6D. The van der Waals surface area contributed by atoms with Gasteiger partial charge in [-0.1, -0.05) is 12.2 Å². The summed E-state index contributed by atoms with van der Waals surface area (Å²) in [6, 6.07) is 0. The van der Waals surface area contributed by atoms with E-state index in [0.29, 0.717) is 0 Å². The van der Waals surface area contributed by atoms with E-state index >= 15 is 0 Å². The summed E-state index contributed by atoms with van der Waals surface area (Å²) in [4.78, 5) is 1.83. The molecule has 1 rings (SSSR count). The van der Waals surface area contributed by atoms with Crippen LogP contribution in [0.3, 0.4) is 0 Å². The van der Waals surface area contributed by atoms with Crippen molar-refractivity contribution < 1.29 is 1.37 Å². The van der Waals surface area contributed by atoms with E-state index in [2.05, 4.69) is 0 Å². The summed E-state index contributed by atoms with van der Waals surface area (Å²) in [6.45, 7) is -0.181. The Hall–Kier alpha value is -0.720. The highest BCUT2D eigenvalue weighted by molar-refractivity contribution is 5.07. The van der Waals surface area contributed by atoms with Crippen LogP contribution in [0, 0.1) is 0 Å². The van der Waals surface area contributed by atoms with Crippen LogP contribution in [0.25, 0.3) is 0 Å². The molecule has 1 heterocycles. The summed E-state index contributed by atoms with van der Waals surface area (Å²) >= 11 is 0. The fourth-order valence-corrected chi connectivity index (χ4v) is 0.485. The number of hydrogen-bond acceptors (Lipinski definition) is 1. The van der Waals surface area contributed by atoms with Crippen LogP contribution in [0.4, 0.5) is 0 Å². The molecule has 0 aliphatic carbocycles. The van der Waals surface area contributed by atoms with Crippen LogP contribution in [0.15, 0.2) is 24.4 Å². The molecule has 1 heteroatoms. The molecule has 0 saturated heterocycles. The maximum atomic E-state index is 7.27. The van der Waals surface area contributed by atoms with Crippen molar-refractivity contribution in [3.8, 4) is 0 Å². The van der Waals surface area contributed by atoms with Crippen LogP contribution in [0.1, 0.15) is 1.37 Å². The Morgan fingerprint density at radius 3 is 3.00 bits per heavy atom. The predicted octanol–water partition coefficient (Wildman–Crippen LogP) is 1.00. The molecule has 0 fully saturated rings. The van der Waals surface area contributed by atoms with Gasteiger partial charge < -0.3 is 4.90 Å². The highest BCUT2D eigenvalue weighted by atomic mass is 15.1. The van der Waals surface area contributed by atoms with Crippen molar-refractivity contribution in [3.05, 3.63) is 24.4 Å². The Morgan fingerprint density at radius 2 is 2.57 bits per heavy atom. The van der Waals surface area contributed by atoms with Gasteiger partial charge in [0.05, 0.1) is 1.37 Å². The van der Waals surface area contributed by atoms with Gasteiger partial charge in [0.25, 0.3) is 0 Å². The van der Waals surface area contributed by atoms with Crippen LogP contribution in [-0.4, -0.2) is 18.5 Å². The maximum Gasteiger partial charge on any atom is 0.0537 e. The first-order valence-electron chi connectivity index (χ1n) is 2.87. The van der Waals surface area contributed by atoms with Gasteiger partial charge in [0.2, 0.25) is 0 Å². The molecular weight excluding hydrogens is 86.1 g/mol. The average Bonchev–Trinajstić information content (AvgIpc) is 1.77. The van der Waals surface area contributed by atoms with Crippen LogP contribution >= 0.6 is 0 Å². The smallest absolute Gasteiger partial charge is 0.0537 e. The second-order valence-corrected chi connectivity index (χ2v) is 1.54. The van der Waals surface area contributed by atoms with Crippen molar-refractivity contribution in [1.29, 1.82) is 0 Å². The Bertz CT molecular complexity index is 112. The van der Waals surface area contributed by atoms with Crippen LogP contribution in [-0.2, 0) is 0 Å². The highest BCUT2D eigenvalue weighted by Gasteiger charge is 1.86. The molecule has 1 atom stereocenters. The normalized spacial score (nSPS) is 30.7. The minimum Gasteiger partial charge on any atom is -0.377 e. The van der Waals surface area contributed by atoms with Gasteiger partial charge in [0.15, 0.2) is 0 Å². The van der Waals surface area contributed by atoms with E-state index < -0.39 is 0 Å². The molecule has 38 valence electrons. The van der Waals surface area contributed by atoms with Gasteiger partial charge in [-0.15, -0.1) is 0 Å². The quantitative estimate of drug-likeness (QED) is 0.435. The van der Waals surface area contributed by atoms with Gasteiger partial charge in [-0.05, 0) is 12.3 Å². The Balaban J connectivity index is 2.59. The van der Waals surface area contributed by atoms with E-state index in [1.807, 2.05) is 36.4 Å². The molecule has 0 aromatic carbocycles. The first-order valence-corrected chi connectivity index (χ1v) is 2.30. The fraction of sp³-hybridized carbons (Fsp3) is 0.333. The summed E-state index contributed by atoms with van der Waals surface area (Å²) in [5.41, 5.74) is 0. The van der Waals surface area contributed by atoms with Crippen molar-refractivity contribution >= 4 is 0 Å². The number of likely N-dealkylation sites (N-methyl/N-ethyl adjacent to an activating group) is 1. The van der Waals surface area contributed by atoms with Crippen molar-refractivity contribution in [2.24, 2.45) is 0 Å². The molecule has 0 saturated carbocycles. The molecule has 1 aliphatic rings. The zero-order valence-electron chi connectivity index (χ0n) is 5.33. The molecule has 7 heavy (non-hydrogen) atoms. The number of rotatable bonds is 0. The molecule has 0 aromatic heterocycles. The van der Waals surface area contributed by atoms with E-state index in [1.54, 1.807) is 0 Å². The van der Waals surface area contributed by atoms with E-state index in [4.69, 9.17) is 1.37 Å². The monoisotopic (exact) mass is 96.1 g/mol. The van der Waals surface area contributed by atoms with Gasteiger partial charge in [-0.25, -0.2) is 0 Å². The molecule has 0 spiro atoms. The third-order valence-corrected chi connectivity index (χ3v) is 0.865. The molecule has 1 unspecified atom stereocenters. The zero-order chi connectivity index (χ0) is 5.98. The lowest BCUT2D eigenvalue weighted by molar-refractivity contribution is 0.505. The summed E-state index contributed by atoms with van der Waals surface area (Å²) in [5.74, 6) is 0. The number of nitrogens with zero attached hydrogens (tertiary/aromatic N) is 1. The Labute approximate surface area is 45.3 Å². The topological polar surface area (TPSA) is 3.24 Å². The molecule has 0 bridgehead atoms. The van der Waals surface area contributed by atoms with Gasteiger partial charge in [-0.2, -0.15) is 0 Å². The second kappa shape index (κ2) is 1.82. The minimum absolute atomic E-state index is 0.181. The fourth-order valence-electron chi connectivity index (χ4n) is 0.485. The summed E-state index contributed by atoms with van der Waals surface area (Å²) in [6.07, 6.45) is 7.53. The summed E-state index contributed by atoms with van der Waals surface area (Å²) < 4.78 is 7.27. The lowest BCUT2D eigenvalue weighted by atomic mass is 10.4. The van der Waals surface area contributed by atoms with E-state index in [1.165, 1.54) is 0 Å². The van der Waals surface area contributed by atoms with E-state index in [-0.39, 0.29) is 6.52 Å². The largest absolute Gasteiger partial charge is 0.377 e. The molecule has 0 N–H and O–H groups in total.